The quantitative estimate of drug-likeness (QED) is 0.299. The minimum atomic E-state index is -0.135. The Hall–Kier alpha value is -3.42. The largest absolute Gasteiger partial charge is 0.355 e. The number of rotatable bonds is 7. The fraction of sp³-hybridized carbons (Fsp3) is 0.417. The molecule has 2 bridgehead atoms. The Kier molecular flexibility index (Phi) is 5.51. The van der Waals surface area contributed by atoms with Crippen LogP contribution in [0.25, 0.3) is 0 Å². The predicted molar refractivity (Wildman–Crippen MR) is 120 cm³/mol. The Morgan fingerprint density at radius 2 is 1.88 bits per heavy atom. The Morgan fingerprint density at radius 3 is 2.56 bits per heavy atom. The minimum Gasteiger partial charge on any atom is -0.355 e. The molecule has 2 heterocycles. The molecular weight excluding hydrogens is 404 g/mol. The maximum atomic E-state index is 12.8. The summed E-state index contributed by atoms with van der Waals surface area (Å²) in [6, 6.07) is 8.37. The van der Waals surface area contributed by atoms with E-state index in [1.807, 2.05) is 16.8 Å². The number of carbonyl (C=O) groups is 2. The van der Waals surface area contributed by atoms with Gasteiger partial charge in [0.25, 0.3) is 0 Å². The van der Waals surface area contributed by atoms with Crippen molar-refractivity contribution < 1.29 is 9.59 Å². The van der Waals surface area contributed by atoms with Crippen molar-refractivity contribution in [3.63, 3.8) is 0 Å². The van der Waals surface area contributed by atoms with Gasteiger partial charge >= 0.3 is 0 Å². The van der Waals surface area contributed by atoms with Crippen molar-refractivity contribution in [2.45, 2.75) is 19.5 Å². The summed E-state index contributed by atoms with van der Waals surface area (Å²) in [5, 5.41) is 6.53. The SMILES string of the molecule is CN=C(NCCN1C(=O)C2C3C=CC(C3)C2C1=O)NCc1cccc(Cn2ccnc2)c1. The van der Waals surface area contributed by atoms with Gasteiger partial charge in [-0.1, -0.05) is 36.4 Å². The van der Waals surface area contributed by atoms with Crippen molar-refractivity contribution in [3.8, 4) is 0 Å². The third-order valence-corrected chi connectivity index (χ3v) is 6.79. The zero-order valence-corrected chi connectivity index (χ0v) is 18.1. The number of carbonyl (C=O) groups excluding carboxylic acids is 2. The lowest BCUT2D eigenvalue weighted by molar-refractivity contribution is -0.140. The van der Waals surface area contributed by atoms with Crippen molar-refractivity contribution in [2.24, 2.45) is 28.7 Å². The molecule has 1 aromatic heterocycles. The average Bonchev–Trinajstić information content (AvgIpc) is 3.58. The van der Waals surface area contributed by atoms with Crippen LogP contribution in [0.4, 0.5) is 0 Å². The predicted octanol–water partition coefficient (Wildman–Crippen LogP) is 1.40. The Morgan fingerprint density at radius 1 is 1.12 bits per heavy atom. The standard InChI is InChI=1S/C24H28N6O2/c1-25-24(28-13-16-3-2-4-17(11-16)14-29-9-7-26-15-29)27-8-10-30-22(31)20-18-5-6-19(12-18)21(20)23(30)32/h2-7,9,11,15,18-21H,8,10,12-14H2,1H3,(H2,25,27,28). The van der Waals surface area contributed by atoms with Gasteiger partial charge in [0.1, 0.15) is 0 Å². The lowest BCUT2D eigenvalue weighted by Crippen LogP contribution is -2.43. The van der Waals surface area contributed by atoms with Crippen LogP contribution in [-0.2, 0) is 22.7 Å². The van der Waals surface area contributed by atoms with Crippen LogP contribution >= 0.6 is 0 Å². The molecule has 4 unspecified atom stereocenters. The van der Waals surface area contributed by atoms with Crippen LogP contribution in [0, 0.1) is 23.7 Å². The lowest BCUT2D eigenvalue weighted by Gasteiger charge is -2.18. The number of allylic oxidation sites excluding steroid dienone is 2. The molecule has 0 spiro atoms. The van der Waals surface area contributed by atoms with Gasteiger partial charge < -0.3 is 15.2 Å². The summed E-state index contributed by atoms with van der Waals surface area (Å²) < 4.78 is 2.03. The third-order valence-electron chi connectivity index (χ3n) is 6.79. The summed E-state index contributed by atoms with van der Waals surface area (Å²) in [5.41, 5.74) is 2.34. The second-order valence-corrected chi connectivity index (χ2v) is 8.74. The van der Waals surface area contributed by atoms with Crippen LogP contribution < -0.4 is 10.6 Å². The molecule has 1 aromatic carbocycles. The summed E-state index contributed by atoms with van der Waals surface area (Å²) >= 11 is 0. The molecule has 2 N–H and O–H groups in total. The number of guanidine groups is 1. The number of likely N-dealkylation sites (tertiary alicyclic amines) is 1. The monoisotopic (exact) mass is 432 g/mol. The molecule has 1 saturated heterocycles. The number of aliphatic imine (C=N–C) groups is 1. The van der Waals surface area contributed by atoms with Crippen LogP contribution in [-0.4, -0.2) is 52.4 Å². The first-order chi connectivity index (χ1) is 15.6. The first-order valence-electron chi connectivity index (χ1n) is 11.2. The highest BCUT2D eigenvalue weighted by atomic mass is 16.2. The first kappa shape index (κ1) is 20.5. The summed E-state index contributed by atoms with van der Waals surface area (Å²) in [6.07, 6.45) is 10.7. The molecule has 4 atom stereocenters. The van der Waals surface area contributed by atoms with Gasteiger partial charge in [-0.2, -0.15) is 0 Å². The van der Waals surface area contributed by atoms with Crippen molar-refractivity contribution in [1.29, 1.82) is 0 Å². The van der Waals surface area contributed by atoms with Gasteiger partial charge in [-0.05, 0) is 29.4 Å². The van der Waals surface area contributed by atoms with E-state index in [4.69, 9.17) is 0 Å². The van der Waals surface area contributed by atoms with Crippen molar-refractivity contribution >= 4 is 17.8 Å². The fourth-order valence-corrected chi connectivity index (χ4v) is 5.31. The molecule has 3 aliphatic rings. The second-order valence-electron chi connectivity index (χ2n) is 8.74. The summed E-state index contributed by atoms with van der Waals surface area (Å²) in [5.74, 6) is 0.865. The molecule has 32 heavy (non-hydrogen) atoms. The topological polar surface area (TPSA) is 91.6 Å². The van der Waals surface area contributed by atoms with E-state index in [0.717, 1.165) is 18.5 Å². The van der Waals surface area contributed by atoms with Gasteiger partial charge in [0.15, 0.2) is 5.96 Å². The van der Waals surface area contributed by atoms with E-state index in [-0.39, 0.29) is 35.5 Å². The van der Waals surface area contributed by atoms with Gasteiger partial charge in [-0.15, -0.1) is 0 Å². The van der Waals surface area contributed by atoms with Gasteiger partial charge in [0.2, 0.25) is 11.8 Å². The first-order valence-corrected chi connectivity index (χ1v) is 11.2. The molecule has 8 nitrogen and oxygen atoms in total. The molecule has 2 amide bonds. The highest BCUT2D eigenvalue weighted by molar-refractivity contribution is 6.06. The highest BCUT2D eigenvalue weighted by Gasteiger charge is 2.58. The van der Waals surface area contributed by atoms with E-state index in [0.29, 0.717) is 25.6 Å². The van der Waals surface area contributed by atoms with E-state index in [1.54, 1.807) is 19.6 Å². The molecule has 2 fully saturated rings. The highest BCUT2D eigenvalue weighted by Crippen LogP contribution is 2.52. The number of aromatic nitrogens is 2. The zero-order chi connectivity index (χ0) is 22.1. The number of hydrogen-bond acceptors (Lipinski definition) is 4. The molecule has 5 rings (SSSR count). The molecule has 0 radical (unpaired) electrons. The molecule has 1 aliphatic heterocycles. The molecular formula is C24H28N6O2. The number of benzene rings is 1. The van der Waals surface area contributed by atoms with Crippen LogP contribution in [0.3, 0.4) is 0 Å². The minimum absolute atomic E-state index is 0.00342. The van der Waals surface area contributed by atoms with Crippen LogP contribution in [0.5, 0.6) is 0 Å². The molecule has 1 saturated carbocycles. The van der Waals surface area contributed by atoms with Gasteiger partial charge in [-0.25, -0.2) is 4.98 Å². The number of amides is 2. The fourth-order valence-electron chi connectivity index (χ4n) is 5.31. The summed E-state index contributed by atoms with van der Waals surface area (Å²) in [7, 11) is 1.71. The molecule has 2 aliphatic carbocycles. The van der Waals surface area contributed by atoms with Crippen molar-refractivity contribution in [3.05, 3.63) is 66.3 Å². The number of nitrogens with zero attached hydrogens (tertiary/aromatic N) is 4. The number of imidazole rings is 1. The van der Waals surface area contributed by atoms with Gasteiger partial charge in [0.05, 0.1) is 18.2 Å². The number of nitrogens with one attached hydrogen (secondary N) is 2. The number of imide groups is 1. The van der Waals surface area contributed by atoms with Crippen molar-refractivity contribution in [2.75, 3.05) is 20.1 Å². The molecule has 8 heteroatoms. The summed E-state index contributed by atoms with van der Waals surface area (Å²) in [4.78, 5) is 35.4. The second kappa shape index (κ2) is 8.61. The molecule has 166 valence electrons. The van der Waals surface area contributed by atoms with E-state index >= 15 is 0 Å². The van der Waals surface area contributed by atoms with Crippen LogP contribution in [0.15, 0.2) is 60.1 Å². The van der Waals surface area contributed by atoms with Gasteiger partial charge in [0, 0.05) is 45.6 Å². The summed E-state index contributed by atoms with van der Waals surface area (Å²) in [6.45, 7) is 2.24. The van der Waals surface area contributed by atoms with Crippen LogP contribution in [0.2, 0.25) is 0 Å². The van der Waals surface area contributed by atoms with Gasteiger partial charge in [-0.3, -0.25) is 19.5 Å². The van der Waals surface area contributed by atoms with Crippen LogP contribution in [0.1, 0.15) is 17.5 Å². The number of fused-ring (bicyclic) bond motifs is 5. The third kappa shape index (κ3) is 3.81. The zero-order valence-electron chi connectivity index (χ0n) is 18.1. The Balaban J connectivity index is 1.11. The van der Waals surface area contributed by atoms with E-state index in [1.165, 1.54) is 10.5 Å². The number of hydrogen-bond donors (Lipinski definition) is 2. The van der Waals surface area contributed by atoms with E-state index < -0.39 is 0 Å². The normalized spacial score (nSPS) is 26.2. The smallest absolute Gasteiger partial charge is 0.233 e. The van der Waals surface area contributed by atoms with E-state index in [9.17, 15) is 9.59 Å². The maximum Gasteiger partial charge on any atom is 0.233 e. The molecule has 2 aromatic rings. The Labute approximate surface area is 187 Å². The lowest BCUT2D eigenvalue weighted by atomic mass is 9.85. The van der Waals surface area contributed by atoms with Crippen molar-refractivity contribution in [1.82, 2.24) is 25.1 Å². The average molecular weight is 433 g/mol. The van der Waals surface area contributed by atoms with E-state index in [2.05, 4.69) is 51.0 Å². The Bertz CT molecular complexity index is 1030. The maximum absolute atomic E-state index is 12.8.